The smallest absolute Gasteiger partial charge is 0.123 e. The predicted octanol–water partition coefficient (Wildman–Crippen LogP) is 1.77. The molecule has 1 rings (SSSR count). The van der Waals surface area contributed by atoms with Gasteiger partial charge in [-0.15, -0.1) is 0 Å². The summed E-state index contributed by atoms with van der Waals surface area (Å²) < 4.78 is 6.47. The molecule has 4 heteroatoms. The van der Waals surface area contributed by atoms with Crippen LogP contribution in [0.4, 0.5) is 0 Å². The Hall–Kier alpha value is -0.330. The lowest BCUT2D eigenvalue weighted by Gasteiger charge is -2.09. The maximum absolute atomic E-state index is 8.64. The molecule has 1 aromatic carbocycles. The summed E-state index contributed by atoms with van der Waals surface area (Å²) in [7, 11) is 1.68. The molecule has 0 saturated carbocycles. The van der Waals surface area contributed by atoms with Gasteiger partial charge in [0.05, 0.1) is 7.11 Å². The Morgan fingerprint density at radius 1 is 1.47 bits per heavy atom. The van der Waals surface area contributed by atoms with Crippen molar-refractivity contribution in [3.63, 3.8) is 0 Å². The summed E-state index contributed by atoms with van der Waals surface area (Å²) in [5.74, 6) is 0.909. The van der Waals surface area contributed by atoms with Crippen LogP contribution in [0.2, 0.25) is 0 Å². The number of nitrogens with one attached hydrogen (secondary N) is 1. The van der Waals surface area contributed by atoms with E-state index in [1.54, 1.807) is 7.11 Å². The number of aliphatic hydroxyl groups is 1. The quantitative estimate of drug-likeness (QED) is 0.620. The zero-order chi connectivity index (χ0) is 11.1. The van der Waals surface area contributed by atoms with Crippen LogP contribution in [0.5, 0.6) is 5.75 Å². The lowest BCUT2D eigenvalue weighted by molar-refractivity contribution is 0.286. The normalized spacial score (nSPS) is 10.3. The highest BCUT2D eigenvalue weighted by atomic mass is 127. The van der Waals surface area contributed by atoms with Gasteiger partial charge in [0.2, 0.25) is 0 Å². The zero-order valence-corrected chi connectivity index (χ0v) is 11.0. The fourth-order valence-electron chi connectivity index (χ4n) is 1.31. The Labute approximate surface area is 104 Å². The monoisotopic (exact) mass is 321 g/mol. The van der Waals surface area contributed by atoms with Gasteiger partial charge >= 0.3 is 0 Å². The van der Waals surface area contributed by atoms with Crippen molar-refractivity contribution in [1.82, 2.24) is 5.32 Å². The zero-order valence-electron chi connectivity index (χ0n) is 8.79. The minimum absolute atomic E-state index is 0.233. The van der Waals surface area contributed by atoms with Gasteiger partial charge in [-0.3, -0.25) is 0 Å². The van der Waals surface area contributed by atoms with Crippen molar-refractivity contribution in [3.8, 4) is 5.75 Å². The molecule has 0 fully saturated rings. The van der Waals surface area contributed by atoms with Gasteiger partial charge in [-0.2, -0.15) is 0 Å². The highest BCUT2D eigenvalue weighted by Gasteiger charge is 2.02. The first-order valence-corrected chi connectivity index (χ1v) is 6.00. The number of rotatable bonds is 6. The van der Waals surface area contributed by atoms with Crippen LogP contribution in [0.3, 0.4) is 0 Å². The average Bonchev–Trinajstić information content (AvgIpc) is 2.25. The Bertz CT molecular complexity index is 305. The van der Waals surface area contributed by atoms with Gasteiger partial charge in [0.25, 0.3) is 0 Å². The Morgan fingerprint density at radius 2 is 2.27 bits per heavy atom. The lowest BCUT2D eigenvalue weighted by Crippen LogP contribution is -2.16. The van der Waals surface area contributed by atoms with Crippen molar-refractivity contribution in [2.45, 2.75) is 13.0 Å². The molecule has 0 amide bonds. The summed E-state index contributed by atoms with van der Waals surface area (Å²) in [5, 5.41) is 11.9. The van der Waals surface area contributed by atoms with E-state index in [1.165, 1.54) is 3.57 Å². The van der Waals surface area contributed by atoms with Gasteiger partial charge < -0.3 is 15.2 Å². The average molecular weight is 321 g/mol. The largest absolute Gasteiger partial charge is 0.496 e. The summed E-state index contributed by atoms with van der Waals surface area (Å²) in [4.78, 5) is 0. The van der Waals surface area contributed by atoms with Gasteiger partial charge in [0.15, 0.2) is 0 Å². The van der Waals surface area contributed by atoms with Crippen LogP contribution in [0.1, 0.15) is 12.0 Å². The molecular formula is C11H16INO2. The molecule has 15 heavy (non-hydrogen) atoms. The van der Waals surface area contributed by atoms with Gasteiger partial charge in [-0.1, -0.05) is 0 Å². The highest BCUT2D eigenvalue weighted by molar-refractivity contribution is 14.1. The molecule has 2 N–H and O–H groups in total. The molecule has 0 saturated heterocycles. The molecule has 0 aromatic heterocycles. The third-order valence-electron chi connectivity index (χ3n) is 2.07. The molecular weight excluding hydrogens is 305 g/mol. The van der Waals surface area contributed by atoms with E-state index in [1.807, 2.05) is 12.1 Å². The fourth-order valence-corrected chi connectivity index (χ4v) is 1.87. The van der Waals surface area contributed by atoms with Crippen LogP contribution in [-0.2, 0) is 6.54 Å². The maximum atomic E-state index is 8.64. The first-order chi connectivity index (χ1) is 7.27. The van der Waals surface area contributed by atoms with Crippen molar-refractivity contribution < 1.29 is 9.84 Å². The van der Waals surface area contributed by atoms with E-state index >= 15 is 0 Å². The van der Waals surface area contributed by atoms with Crippen LogP contribution in [-0.4, -0.2) is 25.4 Å². The number of ether oxygens (including phenoxy) is 1. The summed E-state index contributed by atoms with van der Waals surface area (Å²) in [5.41, 5.74) is 1.15. The van der Waals surface area contributed by atoms with Gasteiger partial charge in [0, 0.05) is 22.3 Å². The van der Waals surface area contributed by atoms with E-state index in [0.717, 1.165) is 30.8 Å². The van der Waals surface area contributed by atoms with E-state index in [0.29, 0.717) is 0 Å². The molecule has 0 radical (unpaired) electrons. The second kappa shape index (κ2) is 7.03. The van der Waals surface area contributed by atoms with Gasteiger partial charge in [-0.05, 0) is 53.8 Å². The van der Waals surface area contributed by atoms with E-state index < -0.39 is 0 Å². The van der Waals surface area contributed by atoms with Crippen LogP contribution in [0, 0.1) is 3.57 Å². The second-order valence-electron chi connectivity index (χ2n) is 3.21. The molecule has 84 valence electrons. The van der Waals surface area contributed by atoms with Crippen molar-refractivity contribution >= 4 is 22.6 Å². The van der Waals surface area contributed by atoms with E-state index in [4.69, 9.17) is 9.84 Å². The van der Waals surface area contributed by atoms with Gasteiger partial charge in [0.1, 0.15) is 5.75 Å². The molecule has 0 atom stereocenters. The minimum atomic E-state index is 0.233. The SMILES string of the molecule is COc1ccc(I)cc1CNCCCO. The molecule has 0 aliphatic carbocycles. The number of hydrogen-bond acceptors (Lipinski definition) is 3. The number of hydrogen-bond donors (Lipinski definition) is 2. The van der Waals surface area contributed by atoms with Crippen molar-refractivity contribution in [2.24, 2.45) is 0 Å². The van der Waals surface area contributed by atoms with Crippen LogP contribution < -0.4 is 10.1 Å². The lowest BCUT2D eigenvalue weighted by atomic mass is 10.2. The van der Waals surface area contributed by atoms with Gasteiger partial charge in [-0.25, -0.2) is 0 Å². The van der Waals surface area contributed by atoms with Crippen molar-refractivity contribution in [2.75, 3.05) is 20.3 Å². The Balaban J connectivity index is 2.54. The molecule has 0 spiro atoms. The van der Waals surface area contributed by atoms with E-state index in [-0.39, 0.29) is 6.61 Å². The molecule has 0 heterocycles. The maximum Gasteiger partial charge on any atom is 0.123 e. The van der Waals surface area contributed by atoms with Crippen molar-refractivity contribution in [1.29, 1.82) is 0 Å². The Kier molecular flexibility index (Phi) is 5.97. The molecule has 1 aromatic rings. The summed E-state index contributed by atoms with van der Waals surface area (Å²) in [6, 6.07) is 6.10. The van der Waals surface area contributed by atoms with Crippen LogP contribution in [0.15, 0.2) is 18.2 Å². The third kappa shape index (κ3) is 4.36. The van der Waals surface area contributed by atoms with E-state index in [9.17, 15) is 0 Å². The highest BCUT2D eigenvalue weighted by Crippen LogP contribution is 2.20. The molecule has 0 aliphatic heterocycles. The minimum Gasteiger partial charge on any atom is -0.496 e. The second-order valence-corrected chi connectivity index (χ2v) is 4.46. The standard InChI is InChI=1S/C11H16INO2/c1-15-11-4-3-10(12)7-9(11)8-13-5-2-6-14/h3-4,7,13-14H,2,5-6,8H2,1H3. The molecule has 0 aliphatic rings. The fraction of sp³-hybridized carbons (Fsp3) is 0.455. The number of benzene rings is 1. The summed E-state index contributed by atoms with van der Waals surface area (Å²) >= 11 is 2.28. The van der Waals surface area contributed by atoms with E-state index in [2.05, 4.69) is 34.0 Å². The Morgan fingerprint density at radius 3 is 2.93 bits per heavy atom. The number of aliphatic hydroxyl groups excluding tert-OH is 1. The third-order valence-corrected chi connectivity index (χ3v) is 2.74. The number of halogens is 1. The topological polar surface area (TPSA) is 41.5 Å². The first-order valence-electron chi connectivity index (χ1n) is 4.92. The molecule has 0 bridgehead atoms. The number of methoxy groups -OCH3 is 1. The van der Waals surface area contributed by atoms with Crippen molar-refractivity contribution in [3.05, 3.63) is 27.3 Å². The predicted molar refractivity (Wildman–Crippen MR) is 69.1 cm³/mol. The summed E-state index contributed by atoms with van der Waals surface area (Å²) in [6.07, 6.45) is 0.784. The first kappa shape index (κ1) is 12.7. The van der Waals surface area contributed by atoms with Crippen LogP contribution >= 0.6 is 22.6 Å². The molecule has 0 unspecified atom stereocenters. The van der Waals surface area contributed by atoms with Crippen LogP contribution in [0.25, 0.3) is 0 Å². The summed E-state index contributed by atoms with van der Waals surface area (Å²) in [6.45, 7) is 1.83. The molecule has 3 nitrogen and oxygen atoms in total.